The largest absolute Gasteiger partial charge is 0.493 e. The number of carbonyl (C=O) groups excluding carboxylic acids is 1. The SMILES string of the molecule is CNCCC(=O)c1cccc(OCC2CCCC2)c1. The molecule has 1 N–H and O–H groups in total. The minimum absolute atomic E-state index is 0.167. The Hall–Kier alpha value is -1.35. The monoisotopic (exact) mass is 261 g/mol. The highest BCUT2D eigenvalue weighted by Crippen LogP contribution is 2.25. The van der Waals surface area contributed by atoms with E-state index in [0.717, 1.165) is 17.9 Å². The second kappa shape index (κ2) is 7.29. The van der Waals surface area contributed by atoms with Crippen molar-refractivity contribution in [2.75, 3.05) is 20.2 Å². The maximum Gasteiger partial charge on any atom is 0.164 e. The standard InChI is InChI=1S/C16H23NO2/c1-17-10-9-16(18)14-7-4-8-15(11-14)19-12-13-5-2-3-6-13/h4,7-8,11,13,17H,2-3,5-6,9-10,12H2,1H3. The van der Waals surface area contributed by atoms with Gasteiger partial charge in [0.2, 0.25) is 0 Å². The fourth-order valence-electron chi connectivity index (χ4n) is 2.53. The quantitative estimate of drug-likeness (QED) is 0.767. The Morgan fingerprint density at radius 2 is 2.16 bits per heavy atom. The number of hydrogen-bond acceptors (Lipinski definition) is 3. The topological polar surface area (TPSA) is 38.3 Å². The van der Waals surface area contributed by atoms with Crippen LogP contribution >= 0.6 is 0 Å². The Morgan fingerprint density at radius 3 is 2.89 bits per heavy atom. The predicted octanol–water partition coefficient (Wildman–Crippen LogP) is 3.05. The van der Waals surface area contributed by atoms with Gasteiger partial charge < -0.3 is 10.1 Å². The molecule has 0 amide bonds. The van der Waals surface area contributed by atoms with Crippen molar-refractivity contribution in [2.45, 2.75) is 32.1 Å². The lowest BCUT2D eigenvalue weighted by molar-refractivity contribution is 0.0982. The molecule has 1 aromatic rings. The van der Waals surface area contributed by atoms with Gasteiger partial charge in [-0.2, -0.15) is 0 Å². The predicted molar refractivity (Wildman–Crippen MR) is 76.8 cm³/mol. The molecule has 1 aliphatic carbocycles. The molecular formula is C16H23NO2. The van der Waals surface area contributed by atoms with Crippen LogP contribution in [-0.4, -0.2) is 26.0 Å². The van der Waals surface area contributed by atoms with E-state index >= 15 is 0 Å². The lowest BCUT2D eigenvalue weighted by atomic mass is 10.1. The first-order valence-corrected chi connectivity index (χ1v) is 7.20. The molecule has 1 saturated carbocycles. The van der Waals surface area contributed by atoms with Crippen LogP contribution in [0.3, 0.4) is 0 Å². The molecule has 0 radical (unpaired) electrons. The molecule has 0 spiro atoms. The van der Waals surface area contributed by atoms with Crippen molar-refractivity contribution in [1.29, 1.82) is 0 Å². The van der Waals surface area contributed by atoms with E-state index < -0.39 is 0 Å². The normalized spacial score (nSPS) is 15.6. The highest BCUT2D eigenvalue weighted by atomic mass is 16.5. The molecule has 0 bridgehead atoms. The summed E-state index contributed by atoms with van der Waals surface area (Å²) in [6.07, 6.45) is 5.75. The summed E-state index contributed by atoms with van der Waals surface area (Å²) in [7, 11) is 1.86. The van der Waals surface area contributed by atoms with E-state index in [1.165, 1.54) is 25.7 Å². The molecule has 0 atom stereocenters. The number of ketones is 1. The zero-order chi connectivity index (χ0) is 13.5. The van der Waals surface area contributed by atoms with Gasteiger partial charge in [-0.05, 0) is 37.9 Å². The highest BCUT2D eigenvalue weighted by molar-refractivity contribution is 5.96. The number of hydrogen-bond donors (Lipinski definition) is 1. The van der Waals surface area contributed by atoms with Gasteiger partial charge in [0.1, 0.15) is 5.75 Å². The van der Waals surface area contributed by atoms with Crippen LogP contribution in [0.25, 0.3) is 0 Å². The molecule has 1 aromatic carbocycles. The van der Waals surface area contributed by atoms with Crippen LogP contribution in [0, 0.1) is 5.92 Å². The van der Waals surface area contributed by atoms with E-state index in [1.54, 1.807) is 0 Å². The fraction of sp³-hybridized carbons (Fsp3) is 0.562. The van der Waals surface area contributed by atoms with Gasteiger partial charge in [0.15, 0.2) is 5.78 Å². The van der Waals surface area contributed by atoms with E-state index in [-0.39, 0.29) is 5.78 Å². The van der Waals surface area contributed by atoms with Gasteiger partial charge in [-0.25, -0.2) is 0 Å². The Morgan fingerprint density at radius 1 is 1.37 bits per heavy atom. The van der Waals surface area contributed by atoms with Gasteiger partial charge in [-0.3, -0.25) is 4.79 Å². The summed E-state index contributed by atoms with van der Waals surface area (Å²) < 4.78 is 5.82. The van der Waals surface area contributed by atoms with Crippen molar-refractivity contribution < 1.29 is 9.53 Å². The smallest absolute Gasteiger partial charge is 0.164 e. The average Bonchev–Trinajstić information content (AvgIpc) is 2.96. The summed E-state index contributed by atoms with van der Waals surface area (Å²) in [5, 5.41) is 2.99. The van der Waals surface area contributed by atoms with Crippen molar-refractivity contribution in [2.24, 2.45) is 5.92 Å². The van der Waals surface area contributed by atoms with Crippen molar-refractivity contribution in [1.82, 2.24) is 5.32 Å². The van der Waals surface area contributed by atoms with Gasteiger partial charge in [0, 0.05) is 18.5 Å². The number of Topliss-reactive ketones (excluding diaryl/α,β-unsaturated/α-hetero) is 1. The Labute approximate surface area is 115 Å². The summed E-state index contributed by atoms with van der Waals surface area (Å²) in [4.78, 5) is 11.9. The molecule has 3 heteroatoms. The number of carbonyl (C=O) groups is 1. The summed E-state index contributed by atoms with van der Waals surface area (Å²) in [5.41, 5.74) is 0.749. The molecule has 0 unspecified atom stereocenters. The van der Waals surface area contributed by atoms with Crippen molar-refractivity contribution in [3.05, 3.63) is 29.8 Å². The second-order valence-electron chi connectivity index (χ2n) is 5.27. The van der Waals surface area contributed by atoms with E-state index in [9.17, 15) is 4.79 Å². The highest BCUT2D eigenvalue weighted by Gasteiger charge is 2.15. The first-order chi connectivity index (χ1) is 9.29. The summed E-state index contributed by atoms with van der Waals surface area (Å²) in [5.74, 6) is 1.69. The molecule has 104 valence electrons. The third-order valence-electron chi connectivity index (χ3n) is 3.72. The van der Waals surface area contributed by atoms with Gasteiger partial charge in [-0.1, -0.05) is 25.0 Å². The number of rotatable bonds is 7. The van der Waals surface area contributed by atoms with Crippen LogP contribution in [0.15, 0.2) is 24.3 Å². The zero-order valence-corrected chi connectivity index (χ0v) is 11.7. The molecule has 0 aliphatic heterocycles. The number of ether oxygens (including phenoxy) is 1. The van der Waals surface area contributed by atoms with Gasteiger partial charge in [0.25, 0.3) is 0 Å². The number of benzene rings is 1. The third-order valence-corrected chi connectivity index (χ3v) is 3.72. The lowest BCUT2D eigenvalue weighted by Crippen LogP contribution is -2.13. The summed E-state index contributed by atoms with van der Waals surface area (Å²) in [6, 6.07) is 7.56. The Balaban J connectivity index is 1.88. The minimum Gasteiger partial charge on any atom is -0.493 e. The number of nitrogens with one attached hydrogen (secondary N) is 1. The zero-order valence-electron chi connectivity index (χ0n) is 11.7. The van der Waals surface area contributed by atoms with E-state index in [2.05, 4.69) is 5.32 Å². The maximum atomic E-state index is 11.9. The Kier molecular flexibility index (Phi) is 5.40. The van der Waals surface area contributed by atoms with E-state index in [0.29, 0.717) is 18.9 Å². The molecule has 2 rings (SSSR count). The molecular weight excluding hydrogens is 238 g/mol. The maximum absolute atomic E-state index is 11.9. The fourth-order valence-corrected chi connectivity index (χ4v) is 2.53. The van der Waals surface area contributed by atoms with Gasteiger partial charge in [0.05, 0.1) is 6.61 Å². The van der Waals surface area contributed by atoms with Crippen molar-refractivity contribution in [3.8, 4) is 5.75 Å². The molecule has 0 saturated heterocycles. The summed E-state index contributed by atoms with van der Waals surface area (Å²) in [6.45, 7) is 1.50. The van der Waals surface area contributed by atoms with Crippen LogP contribution in [0.1, 0.15) is 42.5 Å². The molecule has 0 heterocycles. The van der Waals surface area contributed by atoms with Gasteiger partial charge in [-0.15, -0.1) is 0 Å². The van der Waals surface area contributed by atoms with Crippen molar-refractivity contribution >= 4 is 5.78 Å². The molecule has 0 aromatic heterocycles. The van der Waals surface area contributed by atoms with Crippen LogP contribution in [0.4, 0.5) is 0 Å². The van der Waals surface area contributed by atoms with Crippen LogP contribution in [0.5, 0.6) is 5.75 Å². The first kappa shape index (κ1) is 14.1. The first-order valence-electron chi connectivity index (χ1n) is 7.20. The van der Waals surface area contributed by atoms with Crippen LogP contribution in [0.2, 0.25) is 0 Å². The van der Waals surface area contributed by atoms with E-state index in [4.69, 9.17) is 4.74 Å². The molecule has 19 heavy (non-hydrogen) atoms. The minimum atomic E-state index is 0.167. The van der Waals surface area contributed by atoms with E-state index in [1.807, 2.05) is 31.3 Å². The summed E-state index contributed by atoms with van der Waals surface area (Å²) >= 11 is 0. The Bertz CT molecular complexity index is 411. The lowest BCUT2D eigenvalue weighted by Gasteiger charge is -2.12. The van der Waals surface area contributed by atoms with Crippen LogP contribution < -0.4 is 10.1 Å². The molecule has 1 aliphatic rings. The van der Waals surface area contributed by atoms with Crippen molar-refractivity contribution in [3.63, 3.8) is 0 Å². The molecule has 3 nitrogen and oxygen atoms in total. The third kappa shape index (κ3) is 4.35. The van der Waals surface area contributed by atoms with Crippen LogP contribution in [-0.2, 0) is 0 Å². The second-order valence-corrected chi connectivity index (χ2v) is 5.27. The average molecular weight is 261 g/mol. The molecule has 1 fully saturated rings. The van der Waals surface area contributed by atoms with Gasteiger partial charge >= 0.3 is 0 Å².